The van der Waals surface area contributed by atoms with Crippen molar-refractivity contribution in [3.8, 4) is 0 Å². The number of methoxy groups -OCH3 is 1. The van der Waals surface area contributed by atoms with E-state index in [1.165, 1.54) is 6.92 Å². The molecule has 0 aliphatic heterocycles. The van der Waals surface area contributed by atoms with Crippen molar-refractivity contribution in [2.75, 3.05) is 13.3 Å². The molecule has 0 heterocycles. The fraction of sp³-hybridized carbons (Fsp3) is 0.526. The van der Waals surface area contributed by atoms with E-state index in [1.54, 1.807) is 45.0 Å². The van der Waals surface area contributed by atoms with Crippen LogP contribution >= 0.6 is 7.60 Å². The fourth-order valence-corrected chi connectivity index (χ4v) is 3.58. The van der Waals surface area contributed by atoms with Gasteiger partial charge in [-0.15, -0.1) is 0 Å². The molecule has 11 nitrogen and oxygen atoms in total. The fourth-order valence-electron chi connectivity index (χ4n) is 2.25. The maximum absolute atomic E-state index is 12.4. The van der Waals surface area contributed by atoms with Gasteiger partial charge >= 0.3 is 25.8 Å². The summed E-state index contributed by atoms with van der Waals surface area (Å²) in [6, 6.07) is 7.41. The molecule has 1 rings (SSSR count). The zero-order valence-corrected chi connectivity index (χ0v) is 19.0. The number of hydrogen-bond donors (Lipinski definition) is 3. The van der Waals surface area contributed by atoms with Crippen molar-refractivity contribution >= 4 is 25.8 Å². The molecule has 0 aliphatic rings. The molecule has 0 bridgehead atoms. The second kappa shape index (κ2) is 11.7. The summed E-state index contributed by atoms with van der Waals surface area (Å²) in [5.74, 6) is -0.966. The summed E-state index contributed by atoms with van der Waals surface area (Å²) in [5.41, 5.74) is -0.0870. The van der Waals surface area contributed by atoms with Crippen LogP contribution in [-0.2, 0) is 34.7 Å². The summed E-state index contributed by atoms with van der Waals surface area (Å²) >= 11 is 0. The van der Waals surface area contributed by atoms with Crippen molar-refractivity contribution in [2.24, 2.45) is 0 Å². The largest absolute Gasteiger partial charge is 0.467 e. The molecule has 3 unspecified atom stereocenters. The Labute approximate surface area is 180 Å². The standard InChI is InChI=1S/C19H29N2O9P/c1-13(20-17(23)28-11-14-9-7-6-8-10-14)30-31(25,26)12-15(16(22)27-5)21-18(24)29-19(2,3)4/h6-10,13,15H,11-12H2,1-5H3,(H,20,23)(H,21,24)(H,25,26). The first-order chi connectivity index (χ1) is 14.3. The number of nitrogens with one attached hydrogen (secondary N) is 2. The molecular formula is C19H29N2O9P. The van der Waals surface area contributed by atoms with Crippen molar-refractivity contribution < 1.29 is 42.6 Å². The molecule has 0 saturated heterocycles. The molecule has 3 N–H and O–H groups in total. The molecule has 0 spiro atoms. The Kier molecular flexibility index (Phi) is 9.96. The third kappa shape index (κ3) is 11.4. The van der Waals surface area contributed by atoms with Crippen LogP contribution in [0.15, 0.2) is 30.3 Å². The van der Waals surface area contributed by atoms with Gasteiger partial charge in [0, 0.05) is 0 Å². The Morgan fingerprint density at radius 2 is 1.71 bits per heavy atom. The third-order valence-corrected chi connectivity index (χ3v) is 4.92. The van der Waals surface area contributed by atoms with Crippen molar-refractivity contribution in [3.05, 3.63) is 35.9 Å². The number of esters is 1. The second-order valence-corrected chi connectivity index (χ2v) is 9.35. The number of carbonyl (C=O) groups excluding carboxylic acids is 3. The van der Waals surface area contributed by atoms with Gasteiger partial charge in [-0.25, -0.2) is 14.4 Å². The van der Waals surface area contributed by atoms with Gasteiger partial charge in [-0.2, -0.15) is 0 Å². The van der Waals surface area contributed by atoms with Gasteiger partial charge in [0.15, 0.2) is 0 Å². The van der Waals surface area contributed by atoms with Crippen LogP contribution in [-0.4, -0.2) is 54.2 Å². The van der Waals surface area contributed by atoms with E-state index in [2.05, 4.69) is 15.4 Å². The van der Waals surface area contributed by atoms with E-state index in [1.807, 2.05) is 6.07 Å². The molecule has 1 aromatic rings. The smallest absolute Gasteiger partial charge is 0.409 e. The molecule has 0 aromatic heterocycles. The Morgan fingerprint density at radius 1 is 1.10 bits per heavy atom. The summed E-state index contributed by atoms with van der Waals surface area (Å²) in [7, 11) is -3.40. The lowest BCUT2D eigenvalue weighted by atomic mass is 10.2. The zero-order chi connectivity index (χ0) is 23.7. The topological polar surface area (TPSA) is 149 Å². The van der Waals surface area contributed by atoms with Crippen LogP contribution in [0.4, 0.5) is 9.59 Å². The number of rotatable bonds is 9. The van der Waals surface area contributed by atoms with Crippen LogP contribution < -0.4 is 10.6 Å². The monoisotopic (exact) mass is 460 g/mol. The highest BCUT2D eigenvalue weighted by atomic mass is 31.2. The van der Waals surface area contributed by atoms with Crippen LogP contribution in [0.2, 0.25) is 0 Å². The Bertz CT molecular complexity index is 795. The Hall–Kier alpha value is -2.62. The van der Waals surface area contributed by atoms with E-state index < -0.39 is 49.8 Å². The van der Waals surface area contributed by atoms with Crippen LogP contribution in [0.5, 0.6) is 0 Å². The van der Waals surface area contributed by atoms with Gasteiger partial charge in [0.25, 0.3) is 0 Å². The van der Waals surface area contributed by atoms with Gasteiger partial charge in [-0.3, -0.25) is 14.4 Å². The lowest BCUT2D eigenvalue weighted by Gasteiger charge is -2.24. The highest BCUT2D eigenvalue weighted by molar-refractivity contribution is 7.52. The van der Waals surface area contributed by atoms with Crippen molar-refractivity contribution in [3.63, 3.8) is 0 Å². The Balaban J connectivity index is 2.61. The summed E-state index contributed by atoms with van der Waals surface area (Å²) < 4.78 is 32.0. The molecule has 0 saturated carbocycles. The zero-order valence-electron chi connectivity index (χ0n) is 18.1. The second-order valence-electron chi connectivity index (χ2n) is 7.50. The third-order valence-electron chi connectivity index (χ3n) is 3.45. The molecule has 3 atom stereocenters. The molecular weight excluding hydrogens is 431 g/mol. The number of ether oxygens (including phenoxy) is 3. The summed E-state index contributed by atoms with van der Waals surface area (Å²) in [5, 5.41) is 4.42. The van der Waals surface area contributed by atoms with Crippen molar-refractivity contribution in [1.29, 1.82) is 0 Å². The minimum Gasteiger partial charge on any atom is -0.467 e. The van der Waals surface area contributed by atoms with Crippen molar-refractivity contribution in [2.45, 2.75) is 52.2 Å². The van der Waals surface area contributed by atoms with Gasteiger partial charge < -0.3 is 24.4 Å². The van der Waals surface area contributed by atoms with E-state index in [-0.39, 0.29) is 6.61 Å². The molecule has 1 aromatic carbocycles. The average Bonchev–Trinajstić information content (AvgIpc) is 2.63. The molecule has 0 fully saturated rings. The molecule has 174 valence electrons. The highest BCUT2D eigenvalue weighted by Gasteiger charge is 2.34. The highest BCUT2D eigenvalue weighted by Crippen LogP contribution is 2.43. The summed E-state index contributed by atoms with van der Waals surface area (Å²) in [6.45, 7) is 6.15. The van der Waals surface area contributed by atoms with E-state index >= 15 is 0 Å². The van der Waals surface area contributed by atoms with E-state index in [0.717, 1.165) is 12.7 Å². The normalized spacial score (nSPS) is 15.0. The lowest BCUT2D eigenvalue weighted by molar-refractivity contribution is -0.142. The number of amides is 2. The maximum Gasteiger partial charge on any atom is 0.409 e. The molecule has 31 heavy (non-hydrogen) atoms. The quantitative estimate of drug-likeness (QED) is 0.219. The maximum atomic E-state index is 12.4. The molecule has 0 radical (unpaired) electrons. The van der Waals surface area contributed by atoms with Gasteiger partial charge in [0.05, 0.1) is 13.3 Å². The number of carbonyl (C=O) groups is 3. The van der Waals surface area contributed by atoms with E-state index in [9.17, 15) is 23.8 Å². The SMILES string of the molecule is COC(=O)C(CP(=O)(O)OC(C)NC(=O)OCc1ccccc1)NC(=O)OC(C)(C)C. The molecule has 12 heteroatoms. The summed E-state index contributed by atoms with van der Waals surface area (Å²) in [6.07, 6.45) is -3.87. The minimum absolute atomic E-state index is 0.000399. The number of benzene rings is 1. The van der Waals surface area contributed by atoms with E-state index in [0.29, 0.717) is 0 Å². The minimum atomic E-state index is -4.45. The predicted molar refractivity (Wildman–Crippen MR) is 110 cm³/mol. The van der Waals surface area contributed by atoms with Gasteiger partial charge in [-0.1, -0.05) is 30.3 Å². The first kappa shape index (κ1) is 26.4. The van der Waals surface area contributed by atoms with E-state index in [4.69, 9.17) is 14.0 Å². The average molecular weight is 460 g/mol. The van der Waals surface area contributed by atoms with Gasteiger partial charge in [0.1, 0.15) is 24.5 Å². The van der Waals surface area contributed by atoms with Crippen LogP contribution in [0.1, 0.15) is 33.3 Å². The Morgan fingerprint density at radius 3 is 2.26 bits per heavy atom. The van der Waals surface area contributed by atoms with Crippen LogP contribution in [0.3, 0.4) is 0 Å². The van der Waals surface area contributed by atoms with Crippen LogP contribution in [0.25, 0.3) is 0 Å². The van der Waals surface area contributed by atoms with Crippen molar-refractivity contribution in [1.82, 2.24) is 10.6 Å². The molecule has 0 aliphatic carbocycles. The van der Waals surface area contributed by atoms with Crippen LogP contribution in [0, 0.1) is 0 Å². The first-order valence-corrected chi connectivity index (χ1v) is 11.1. The summed E-state index contributed by atoms with van der Waals surface area (Å²) in [4.78, 5) is 45.8. The first-order valence-electron chi connectivity index (χ1n) is 9.36. The molecule has 2 amide bonds. The lowest BCUT2D eigenvalue weighted by Crippen LogP contribution is -2.46. The number of alkyl carbamates (subject to hydrolysis) is 2. The predicted octanol–water partition coefficient (Wildman–Crippen LogP) is 2.53. The number of hydrogen-bond acceptors (Lipinski definition) is 8. The van der Waals surface area contributed by atoms with Gasteiger partial charge in [-0.05, 0) is 33.3 Å². The van der Waals surface area contributed by atoms with Gasteiger partial charge in [0.2, 0.25) is 0 Å².